The van der Waals surface area contributed by atoms with E-state index in [0.29, 0.717) is 12.8 Å². The molecule has 0 saturated carbocycles. The molecule has 0 aromatic rings. The number of ether oxygens (including phenoxy) is 2. The minimum absolute atomic E-state index is 0.148. The van der Waals surface area contributed by atoms with Gasteiger partial charge in [-0.05, 0) is 51.4 Å². The fourth-order valence-electron chi connectivity index (χ4n) is 6.96. The Morgan fingerprint density at radius 3 is 1.31 bits per heavy atom. The van der Waals surface area contributed by atoms with Crippen molar-refractivity contribution in [3.63, 3.8) is 0 Å². The van der Waals surface area contributed by atoms with Gasteiger partial charge in [-0.2, -0.15) is 0 Å². The van der Waals surface area contributed by atoms with Crippen LogP contribution in [0.25, 0.3) is 0 Å². The number of allylic oxidation sites excluding steroid dienone is 6. The van der Waals surface area contributed by atoms with Crippen molar-refractivity contribution >= 4 is 25.7 Å². The number of carbonyl (C=O) groups is 3. The highest BCUT2D eigenvalue weighted by Gasteiger charge is 2.28. The summed E-state index contributed by atoms with van der Waals surface area (Å²) >= 11 is 0. The average molecular weight is 898 g/mol. The maximum absolute atomic E-state index is 12.7. The van der Waals surface area contributed by atoms with E-state index in [4.69, 9.17) is 24.8 Å². The van der Waals surface area contributed by atoms with Crippen LogP contribution in [-0.4, -0.2) is 59.9 Å². The molecule has 0 aliphatic rings. The molecular weight excluding hydrogens is 806 g/mol. The first-order valence-electron chi connectivity index (χ1n) is 25.0. The molecule has 12 heteroatoms. The van der Waals surface area contributed by atoms with E-state index in [9.17, 15) is 23.8 Å². The quantitative estimate of drug-likeness (QED) is 0.0230. The smallest absolute Gasteiger partial charge is 0.472 e. The molecule has 0 aliphatic heterocycles. The van der Waals surface area contributed by atoms with E-state index in [1.165, 1.54) is 122 Å². The van der Waals surface area contributed by atoms with Crippen molar-refractivity contribution in [2.24, 2.45) is 5.73 Å². The molecule has 0 rings (SSSR count). The van der Waals surface area contributed by atoms with E-state index < -0.39 is 51.1 Å². The number of phosphoric ester groups is 1. The van der Waals surface area contributed by atoms with E-state index in [0.717, 1.165) is 70.6 Å². The zero-order valence-corrected chi connectivity index (χ0v) is 40.4. The van der Waals surface area contributed by atoms with Gasteiger partial charge in [-0.15, -0.1) is 0 Å². The normalized spacial score (nSPS) is 13.9. The molecule has 0 aromatic heterocycles. The number of hydrogen-bond donors (Lipinski definition) is 3. The topological polar surface area (TPSA) is 172 Å². The molecule has 3 atom stereocenters. The number of unbranched alkanes of at least 4 members (excludes halogenated alkanes) is 27. The van der Waals surface area contributed by atoms with Crippen LogP contribution in [0.1, 0.15) is 232 Å². The zero-order valence-electron chi connectivity index (χ0n) is 39.5. The number of hydrogen-bond acceptors (Lipinski definition) is 9. The van der Waals surface area contributed by atoms with Gasteiger partial charge in [0.25, 0.3) is 0 Å². The molecule has 11 nitrogen and oxygen atoms in total. The lowest BCUT2D eigenvalue weighted by Crippen LogP contribution is -2.34. The second-order valence-electron chi connectivity index (χ2n) is 17.0. The number of phosphoric acid groups is 1. The third-order valence-corrected chi connectivity index (χ3v) is 11.8. The first-order chi connectivity index (χ1) is 30.1. The second-order valence-corrected chi connectivity index (χ2v) is 18.4. The Labute approximate surface area is 378 Å². The molecular formula is C50H92NO10P. The van der Waals surface area contributed by atoms with Gasteiger partial charge in [0.05, 0.1) is 13.2 Å². The summed E-state index contributed by atoms with van der Waals surface area (Å²) < 4.78 is 32.8. The van der Waals surface area contributed by atoms with Gasteiger partial charge in [-0.3, -0.25) is 23.4 Å². The van der Waals surface area contributed by atoms with Gasteiger partial charge in [-0.25, -0.2) is 4.57 Å². The molecule has 362 valence electrons. The third-order valence-electron chi connectivity index (χ3n) is 10.9. The summed E-state index contributed by atoms with van der Waals surface area (Å²) in [5, 5.41) is 8.92. The molecule has 0 aliphatic carbocycles. The second kappa shape index (κ2) is 45.3. The van der Waals surface area contributed by atoms with Gasteiger partial charge in [0.15, 0.2) is 6.10 Å². The average Bonchev–Trinajstić information content (AvgIpc) is 3.25. The summed E-state index contributed by atoms with van der Waals surface area (Å²) in [5.74, 6) is -2.38. The van der Waals surface area contributed by atoms with Crippen LogP contribution in [0.2, 0.25) is 0 Å². The molecule has 0 heterocycles. The molecule has 62 heavy (non-hydrogen) atoms. The maximum Gasteiger partial charge on any atom is 0.472 e. The minimum atomic E-state index is -4.72. The predicted octanol–water partition coefficient (Wildman–Crippen LogP) is 14.0. The van der Waals surface area contributed by atoms with Crippen LogP contribution in [0.5, 0.6) is 0 Å². The van der Waals surface area contributed by atoms with Crippen LogP contribution < -0.4 is 5.73 Å². The van der Waals surface area contributed by atoms with Crippen molar-refractivity contribution in [1.29, 1.82) is 0 Å². The van der Waals surface area contributed by atoms with Crippen molar-refractivity contribution in [3.05, 3.63) is 36.5 Å². The number of carbonyl (C=O) groups excluding carboxylic acids is 2. The summed E-state index contributed by atoms with van der Waals surface area (Å²) in [6, 6.07) is -1.52. The summed E-state index contributed by atoms with van der Waals surface area (Å²) in [6.07, 6.45) is 50.6. The van der Waals surface area contributed by atoms with E-state index in [1.54, 1.807) is 0 Å². The molecule has 0 radical (unpaired) electrons. The molecule has 0 bridgehead atoms. The highest BCUT2D eigenvalue weighted by atomic mass is 31.2. The number of carboxylic acids is 1. The highest BCUT2D eigenvalue weighted by Crippen LogP contribution is 2.43. The Kier molecular flexibility index (Phi) is 43.6. The number of esters is 2. The van der Waals surface area contributed by atoms with E-state index >= 15 is 0 Å². The van der Waals surface area contributed by atoms with Crippen molar-refractivity contribution < 1.29 is 47.5 Å². The Bertz CT molecular complexity index is 1190. The van der Waals surface area contributed by atoms with Crippen LogP contribution in [0, 0.1) is 0 Å². The molecule has 0 fully saturated rings. The predicted molar refractivity (Wildman–Crippen MR) is 254 cm³/mol. The number of nitrogens with two attached hydrogens (primary N) is 1. The SMILES string of the molecule is CCCCC/C=C\C/C=C\C/C=C\CCCCCCCCC(=O)OC(COC(=O)CCCCCCCCCCCCCCCCCCCCC)COP(=O)(O)OCC(N)C(=O)O. The molecule has 4 N–H and O–H groups in total. The van der Waals surface area contributed by atoms with Crippen molar-refractivity contribution in [2.75, 3.05) is 19.8 Å². The lowest BCUT2D eigenvalue weighted by molar-refractivity contribution is -0.161. The van der Waals surface area contributed by atoms with Crippen molar-refractivity contribution in [2.45, 2.75) is 244 Å². The van der Waals surface area contributed by atoms with Gasteiger partial charge in [-0.1, -0.05) is 204 Å². The van der Waals surface area contributed by atoms with Crippen molar-refractivity contribution in [3.8, 4) is 0 Å². The number of rotatable bonds is 47. The first kappa shape index (κ1) is 59.7. The zero-order chi connectivity index (χ0) is 45.6. The standard InChI is InChI=1S/C50H92NO10P/c1-3-5-7-9-11-13-15-17-19-21-23-25-27-29-31-33-35-37-39-41-48(52)58-43-46(44-59-62(56,57)60-45-47(51)50(54)55)61-49(53)42-40-38-36-34-32-30-28-26-24-22-20-18-16-14-12-10-8-6-4-2/h12,14,18,20,24,26,46-47H,3-11,13,15-17,19,21-23,25,27-45,51H2,1-2H3,(H,54,55)(H,56,57)/b14-12-,20-18-,26-24-. The fraction of sp³-hybridized carbons (Fsp3) is 0.820. The Morgan fingerprint density at radius 2 is 0.855 bits per heavy atom. The van der Waals surface area contributed by atoms with Gasteiger partial charge >= 0.3 is 25.7 Å². The largest absolute Gasteiger partial charge is 0.480 e. The maximum atomic E-state index is 12.7. The first-order valence-corrected chi connectivity index (χ1v) is 26.5. The number of carboxylic acid groups (broad SMARTS) is 1. The monoisotopic (exact) mass is 898 g/mol. The van der Waals surface area contributed by atoms with E-state index in [-0.39, 0.29) is 19.4 Å². The summed E-state index contributed by atoms with van der Waals surface area (Å²) in [5.41, 5.74) is 5.35. The van der Waals surface area contributed by atoms with E-state index in [2.05, 4.69) is 54.8 Å². The Morgan fingerprint density at radius 1 is 0.500 bits per heavy atom. The lowest BCUT2D eigenvalue weighted by atomic mass is 10.0. The highest BCUT2D eigenvalue weighted by molar-refractivity contribution is 7.47. The minimum Gasteiger partial charge on any atom is -0.480 e. The summed E-state index contributed by atoms with van der Waals surface area (Å²) in [6.45, 7) is 2.80. The van der Waals surface area contributed by atoms with Gasteiger partial charge in [0.1, 0.15) is 12.6 Å². The fourth-order valence-corrected chi connectivity index (χ4v) is 7.73. The van der Waals surface area contributed by atoms with E-state index in [1.807, 2.05) is 0 Å². The van der Waals surface area contributed by atoms with Gasteiger partial charge in [0, 0.05) is 12.8 Å². The van der Waals surface area contributed by atoms with Crippen LogP contribution >= 0.6 is 7.82 Å². The van der Waals surface area contributed by atoms with Crippen LogP contribution in [0.15, 0.2) is 36.5 Å². The van der Waals surface area contributed by atoms with Gasteiger partial charge < -0.3 is 25.2 Å². The lowest BCUT2D eigenvalue weighted by Gasteiger charge is -2.20. The van der Waals surface area contributed by atoms with Gasteiger partial charge in [0.2, 0.25) is 0 Å². The third kappa shape index (κ3) is 44.3. The number of aliphatic carboxylic acids is 1. The summed E-state index contributed by atoms with van der Waals surface area (Å²) in [4.78, 5) is 46.1. The van der Waals surface area contributed by atoms with Crippen LogP contribution in [-0.2, 0) is 37.5 Å². The molecule has 3 unspecified atom stereocenters. The molecule has 0 spiro atoms. The molecule has 0 amide bonds. The summed E-state index contributed by atoms with van der Waals surface area (Å²) in [7, 11) is -4.72. The van der Waals surface area contributed by atoms with Crippen LogP contribution in [0.4, 0.5) is 0 Å². The Hall–Kier alpha value is -2.30. The van der Waals surface area contributed by atoms with Crippen molar-refractivity contribution in [1.82, 2.24) is 0 Å². The molecule has 0 aromatic carbocycles. The van der Waals surface area contributed by atoms with Crippen LogP contribution in [0.3, 0.4) is 0 Å². The molecule has 0 saturated heterocycles. The Balaban J connectivity index is 4.28.